The van der Waals surface area contributed by atoms with Crippen LogP contribution in [0.2, 0.25) is 0 Å². The number of nitrogens with zero attached hydrogens (tertiary/aromatic N) is 1. The molecule has 0 aromatic rings. The van der Waals surface area contributed by atoms with Gasteiger partial charge in [0.05, 0.1) is 25.6 Å². The van der Waals surface area contributed by atoms with Crippen molar-refractivity contribution in [2.24, 2.45) is 35.0 Å². The molecule has 2 rings (SSSR count). The number of rotatable bonds is 33. The van der Waals surface area contributed by atoms with Crippen LogP contribution in [0.4, 0.5) is 4.79 Å². The third-order valence-corrected chi connectivity index (χ3v) is 12.3. The van der Waals surface area contributed by atoms with Gasteiger partial charge in [-0.3, -0.25) is 14.4 Å². The summed E-state index contributed by atoms with van der Waals surface area (Å²) in [5.41, 5.74) is -0.0753. The van der Waals surface area contributed by atoms with Crippen molar-refractivity contribution in [2.45, 2.75) is 189 Å². The molecule has 0 aromatic carbocycles. The summed E-state index contributed by atoms with van der Waals surface area (Å²) >= 11 is 0. The zero-order valence-electron chi connectivity index (χ0n) is 37.4. The molecule has 2 saturated carbocycles. The summed E-state index contributed by atoms with van der Waals surface area (Å²) in [6, 6.07) is 0. The van der Waals surface area contributed by atoms with Gasteiger partial charge in [-0.1, -0.05) is 106 Å². The summed E-state index contributed by atoms with van der Waals surface area (Å²) in [5.74, 6) is 1.12. The number of fused-ring (bicyclic) bond motifs is 2. The van der Waals surface area contributed by atoms with Crippen LogP contribution in [0.1, 0.15) is 189 Å². The number of hydrogen-bond acceptors (Lipinski definition) is 10. The van der Waals surface area contributed by atoms with Crippen molar-refractivity contribution in [1.82, 2.24) is 4.90 Å². The predicted octanol–water partition coefficient (Wildman–Crippen LogP) is 11.3. The minimum atomic E-state index is -0.787. The molecule has 10 heteroatoms. The fraction of sp³-hybridized carbons (Fsp3) is 0.915. The quantitative estimate of drug-likeness (QED) is 0.0360. The van der Waals surface area contributed by atoms with E-state index in [0.29, 0.717) is 50.0 Å². The van der Waals surface area contributed by atoms with Crippen LogP contribution in [0.15, 0.2) is 0 Å². The maximum absolute atomic E-state index is 13.1. The largest absolute Gasteiger partial charge is 0.508 e. The van der Waals surface area contributed by atoms with Crippen molar-refractivity contribution >= 4 is 24.1 Å². The van der Waals surface area contributed by atoms with Gasteiger partial charge in [0.1, 0.15) is 19.8 Å². The van der Waals surface area contributed by atoms with E-state index in [1.807, 2.05) is 0 Å². The third kappa shape index (κ3) is 24.4. The van der Waals surface area contributed by atoms with Crippen molar-refractivity contribution in [3.8, 4) is 0 Å². The zero-order chi connectivity index (χ0) is 41.7. The Morgan fingerprint density at radius 2 is 1.07 bits per heavy atom. The Hall–Kier alpha value is -2.36. The van der Waals surface area contributed by atoms with Gasteiger partial charge in [0.15, 0.2) is 0 Å². The summed E-state index contributed by atoms with van der Waals surface area (Å²) in [5, 5.41) is 0. The molecule has 0 spiro atoms. The Balaban J connectivity index is 1.77. The molecule has 57 heavy (non-hydrogen) atoms. The van der Waals surface area contributed by atoms with Crippen molar-refractivity contribution < 1.29 is 42.9 Å². The second-order valence-electron chi connectivity index (χ2n) is 18.1. The van der Waals surface area contributed by atoms with Gasteiger partial charge < -0.3 is 28.6 Å². The minimum absolute atomic E-state index is 0.0222. The van der Waals surface area contributed by atoms with E-state index in [1.165, 1.54) is 83.5 Å². The molecular weight excluding hydrogens is 723 g/mol. The molecule has 0 aromatic heterocycles. The van der Waals surface area contributed by atoms with Crippen LogP contribution in [0.5, 0.6) is 0 Å². The lowest BCUT2D eigenvalue weighted by molar-refractivity contribution is -0.153. The van der Waals surface area contributed by atoms with Crippen molar-refractivity contribution in [2.75, 3.05) is 52.7 Å². The van der Waals surface area contributed by atoms with Crippen LogP contribution in [-0.2, 0) is 38.1 Å². The van der Waals surface area contributed by atoms with Gasteiger partial charge in [-0.2, -0.15) is 0 Å². The lowest BCUT2D eigenvalue weighted by Gasteiger charge is -2.47. The maximum Gasteiger partial charge on any atom is 0.508 e. The molecule has 0 N–H and O–H groups in total. The van der Waals surface area contributed by atoms with Gasteiger partial charge in [-0.25, -0.2) is 4.79 Å². The highest BCUT2D eigenvalue weighted by Gasteiger charge is 2.42. The molecule has 332 valence electrons. The SMILES string of the molecule is CCCCCCCCC(CCCCCC)COC(=O)CCCCC(=O)OCC(COC(=O)CC1(C)CC2CC(C)CC(C2)C1)COC(=O)OCCCN(CC)CC. The molecule has 10 nitrogen and oxygen atoms in total. The standard InChI is InChI=1S/C47H85NO9/c1-7-11-13-15-16-18-23-39(22-17-14-12-8-2)34-54-43(49)24-19-20-25-44(50)55-35-42(37-57-46(52)53-27-21-26-48(9-3)10-4)36-56-45(51)33-47(6)31-40-28-38(5)29-41(30-40)32-47/h38-42H,7-37H2,1-6H3. The van der Waals surface area contributed by atoms with Crippen molar-refractivity contribution in [1.29, 1.82) is 0 Å². The second kappa shape index (κ2) is 30.6. The van der Waals surface area contributed by atoms with E-state index in [4.69, 9.17) is 23.7 Å². The Kier molecular flexibility index (Phi) is 27.3. The number of unbranched alkanes of at least 4 members (excludes halogenated alkanes) is 9. The predicted molar refractivity (Wildman–Crippen MR) is 227 cm³/mol. The summed E-state index contributed by atoms with van der Waals surface area (Å²) in [7, 11) is 0. The molecule has 0 aliphatic heterocycles. The average Bonchev–Trinajstić information content (AvgIpc) is 3.17. The molecule has 0 amide bonds. The number of hydrogen-bond donors (Lipinski definition) is 0. The first-order valence-corrected chi connectivity index (χ1v) is 23.5. The first-order valence-electron chi connectivity index (χ1n) is 23.5. The van der Waals surface area contributed by atoms with Crippen LogP contribution < -0.4 is 0 Å². The lowest BCUT2D eigenvalue weighted by atomic mass is 9.58. The summed E-state index contributed by atoms with van der Waals surface area (Å²) in [4.78, 5) is 53.1. The molecule has 0 radical (unpaired) electrons. The Labute approximate surface area is 347 Å². The molecule has 4 unspecified atom stereocenters. The summed E-state index contributed by atoms with van der Waals surface area (Å²) in [6.07, 6.45) is 22.3. The zero-order valence-corrected chi connectivity index (χ0v) is 37.4. The molecular formula is C47H85NO9. The first kappa shape index (κ1) is 50.8. The van der Waals surface area contributed by atoms with Crippen LogP contribution in [0.25, 0.3) is 0 Å². The highest BCUT2D eigenvalue weighted by molar-refractivity contribution is 5.71. The summed E-state index contributed by atoms with van der Waals surface area (Å²) in [6.45, 7) is 16.5. The highest BCUT2D eigenvalue weighted by atomic mass is 16.7. The van der Waals surface area contributed by atoms with Gasteiger partial charge in [0, 0.05) is 19.4 Å². The molecule has 0 heterocycles. The smallest absolute Gasteiger partial charge is 0.465 e. The molecule has 2 fully saturated rings. The topological polar surface area (TPSA) is 118 Å². The van der Waals surface area contributed by atoms with Gasteiger partial charge in [0.2, 0.25) is 0 Å². The number of carbonyl (C=O) groups is 4. The summed E-state index contributed by atoms with van der Waals surface area (Å²) < 4.78 is 27.7. The van der Waals surface area contributed by atoms with E-state index in [9.17, 15) is 19.2 Å². The van der Waals surface area contributed by atoms with Crippen LogP contribution in [0, 0.1) is 35.0 Å². The Bertz CT molecular complexity index is 1080. The molecule has 4 atom stereocenters. The maximum atomic E-state index is 13.1. The number of ether oxygens (including phenoxy) is 5. The monoisotopic (exact) mass is 808 g/mol. The van der Waals surface area contributed by atoms with E-state index in [0.717, 1.165) is 51.2 Å². The number of esters is 3. The van der Waals surface area contributed by atoms with E-state index in [1.54, 1.807) is 0 Å². The van der Waals surface area contributed by atoms with Crippen LogP contribution in [0.3, 0.4) is 0 Å². The van der Waals surface area contributed by atoms with Gasteiger partial charge in [-0.05, 0) is 106 Å². The average molecular weight is 808 g/mol. The van der Waals surface area contributed by atoms with E-state index < -0.39 is 18.0 Å². The normalized spacial score (nSPS) is 21.4. The van der Waals surface area contributed by atoms with Crippen molar-refractivity contribution in [3.05, 3.63) is 0 Å². The van der Waals surface area contributed by atoms with E-state index in [2.05, 4.69) is 46.4 Å². The minimum Gasteiger partial charge on any atom is -0.465 e. The van der Waals surface area contributed by atoms with Gasteiger partial charge in [-0.15, -0.1) is 0 Å². The van der Waals surface area contributed by atoms with Gasteiger partial charge >= 0.3 is 24.1 Å². The molecule has 2 aliphatic rings. The molecule has 2 aliphatic carbocycles. The second-order valence-corrected chi connectivity index (χ2v) is 18.1. The van der Waals surface area contributed by atoms with Crippen LogP contribution in [-0.4, -0.2) is 81.6 Å². The first-order chi connectivity index (χ1) is 27.5. The number of carbonyl (C=O) groups excluding carboxylic acids is 4. The van der Waals surface area contributed by atoms with Gasteiger partial charge in [0.25, 0.3) is 0 Å². The van der Waals surface area contributed by atoms with E-state index in [-0.39, 0.29) is 56.6 Å². The fourth-order valence-electron chi connectivity index (χ4n) is 9.31. The van der Waals surface area contributed by atoms with Crippen LogP contribution >= 0.6 is 0 Å². The fourth-order valence-corrected chi connectivity index (χ4v) is 9.31. The molecule has 0 saturated heterocycles. The Morgan fingerprint density at radius 3 is 1.63 bits per heavy atom. The highest BCUT2D eigenvalue weighted by Crippen LogP contribution is 2.51. The third-order valence-electron chi connectivity index (χ3n) is 12.3. The Morgan fingerprint density at radius 1 is 0.579 bits per heavy atom. The van der Waals surface area contributed by atoms with E-state index >= 15 is 0 Å². The lowest BCUT2D eigenvalue weighted by Crippen LogP contribution is -2.38. The molecule has 2 bridgehead atoms. The van der Waals surface area contributed by atoms with Crippen molar-refractivity contribution in [3.63, 3.8) is 0 Å².